The van der Waals surface area contributed by atoms with Crippen LogP contribution in [0, 0.1) is 0 Å². The summed E-state index contributed by atoms with van der Waals surface area (Å²) < 4.78 is 3.82. The van der Waals surface area contributed by atoms with E-state index in [0.29, 0.717) is 11.7 Å². The number of aromatic nitrogens is 5. The number of nitrogens with one attached hydrogen (secondary N) is 1. The molecule has 1 fully saturated rings. The normalized spacial score (nSPS) is 16.4. The summed E-state index contributed by atoms with van der Waals surface area (Å²) in [6.45, 7) is 2.09. The van der Waals surface area contributed by atoms with Crippen molar-refractivity contribution in [1.29, 1.82) is 0 Å². The van der Waals surface area contributed by atoms with Crippen molar-refractivity contribution < 1.29 is 0 Å². The third-order valence-electron chi connectivity index (χ3n) is 4.30. The number of nitrogen functional groups attached to an aromatic ring is 1. The number of fused-ring (bicyclic) bond motifs is 1. The number of rotatable bonds is 2. The number of imidazole rings is 1. The molecule has 0 atom stereocenters. The molecule has 0 aliphatic carbocycles. The maximum Gasteiger partial charge on any atom is 0.180 e. The molecule has 0 saturated carbocycles. The molecular formula is C15H19N7. The molecule has 0 bridgehead atoms. The van der Waals surface area contributed by atoms with E-state index in [2.05, 4.69) is 21.6 Å². The monoisotopic (exact) mass is 297 g/mol. The zero-order valence-electron chi connectivity index (χ0n) is 12.5. The summed E-state index contributed by atoms with van der Waals surface area (Å²) in [6.07, 6.45) is 9.91. The first-order valence-electron chi connectivity index (χ1n) is 7.55. The number of aryl methyl sites for hydroxylation is 1. The summed E-state index contributed by atoms with van der Waals surface area (Å²) in [5, 5.41) is 7.62. The van der Waals surface area contributed by atoms with E-state index >= 15 is 0 Å². The Kier molecular flexibility index (Phi) is 3.07. The molecule has 1 saturated heterocycles. The SMILES string of the molecule is Cn1cc(-c2cnc(N)c3nc(C4CCNCC4)cn23)cn1. The molecule has 4 heterocycles. The van der Waals surface area contributed by atoms with Gasteiger partial charge in [0, 0.05) is 30.9 Å². The van der Waals surface area contributed by atoms with Crippen LogP contribution in [0.25, 0.3) is 16.9 Å². The minimum Gasteiger partial charge on any atom is -0.381 e. The lowest BCUT2D eigenvalue weighted by molar-refractivity contribution is 0.454. The zero-order chi connectivity index (χ0) is 15.1. The third-order valence-corrected chi connectivity index (χ3v) is 4.30. The minimum absolute atomic E-state index is 0.466. The van der Waals surface area contributed by atoms with E-state index in [9.17, 15) is 0 Å². The molecule has 114 valence electrons. The van der Waals surface area contributed by atoms with E-state index < -0.39 is 0 Å². The molecule has 1 aliphatic rings. The molecule has 1 aliphatic heterocycles. The average Bonchev–Trinajstić information content (AvgIpc) is 3.16. The van der Waals surface area contributed by atoms with Gasteiger partial charge in [0.1, 0.15) is 0 Å². The fourth-order valence-corrected chi connectivity index (χ4v) is 3.09. The van der Waals surface area contributed by atoms with Gasteiger partial charge in [-0.3, -0.25) is 9.08 Å². The van der Waals surface area contributed by atoms with Gasteiger partial charge in [0.2, 0.25) is 0 Å². The van der Waals surface area contributed by atoms with Crippen LogP contribution in [-0.2, 0) is 7.05 Å². The van der Waals surface area contributed by atoms with E-state index in [-0.39, 0.29) is 0 Å². The van der Waals surface area contributed by atoms with Gasteiger partial charge < -0.3 is 11.1 Å². The lowest BCUT2D eigenvalue weighted by Crippen LogP contribution is -2.26. The van der Waals surface area contributed by atoms with Crippen molar-refractivity contribution in [3.8, 4) is 11.3 Å². The summed E-state index contributed by atoms with van der Waals surface area (Å²) in [6, 6.07) is 0. The van der Waals surface area contributed by atoms with Crippen LogP contribution < -0.4 is 11.1 Å². The van der Waals surface area contributed by atoms with E-state index in [4.69, 9.17) is 10.7 Å². The van der Waals surface area contributed by atoms with E-state index in [1.54, 1.807) is 10.9 Å². The Morgan fingerprint density at radius 2 is 2.05 bits per heavy atom. The average molecular weight is 297 g/mol. The Hall–Kier alpha value is -2.41. The fourth-order valence-electron chi connectivity index (χ4n) is 3.09. The predicted octanol–water partition coefficient (Wildman–Crippen LogP) is 1.18. The largest absolute Gasteiger partial charge is 0.381 e. The highest BCUT2D eigenvalue weighted by molar-refractivity contribution is 5.68. The van der Waals surface area contributed by atoms with Crippen LogP contribution in [0.4, 0.5) is 5.82 Å². The second-order valence-corrected chi connectivity index (χ2v) is 5.82. The molecular weight excluding hydrogens is 278 g/mol. The summed E-state index contributed by atoms with van der Waals surface area (Å²) in [7, 11) is 1.90. The minimum atomic E-state index is 0.466. The third kappa shape index (κ3) is 2.14. The maximum absolute atomic E-state index is 6.02. The smallest absolute Gasteiger partial charge is 0.180 e. The van der Waals surface area contributed by atoms with E-state index in [0.717, 1.165) is 48.5 Å². The molecule has 0 radical (unpaired) electrons. The zero-order valence-corrected chi connectivity index (χ0v) is 12.5. The molecule has 7 nitrogen and oxygen atoms in total. The number of piperidine rings is 1. The van der Waals surface area contributed by atoms with E-state index in [1.165, 1.54) is 0 Å². The second kappa shape index (κ2) is 5.10. The molecule has 0 spiro atoms. The van der Waals surface area contributed by atoms with Crippen molar-refractivity contribution in [2.45, 2.75) is 18.8 Å². The van der Waals surface area contributed by atoms with Crippen molar-refractivity contribution in [2.75, 3.05) is 18.8 Å². The number of anilines is 1. The highest BCUT2D eigenvalue weighted by atomic mass is 15.2. The lowest BCUT2D eigenvalue weighted by Gasteiger charge is -2.20. The van der Waals surface area contributed by atoms with Gasteiger partial charge in [-0.1, -0.05) is 0 Å². The van der Waals surface area contributed by atoms with Crippen LogP contribution in [0.3, 0.4) is 0 Å². The van der Waals surface area contributed by atoms with Crippen molar-refractivity contribution in [3.05, 3.63) is 30.5 Å². The number of nitrogens with two attached hydrogens (primary N) is 1. The van der Waals surface area contributed by atoms with Gasteiger partial charge in [-0.25, -0.2) is 9.97 Å². The highest BCUT2D eigenvalue weighted by Crippen LogP contribution is 2.28. The Balaban J connectivity index is 1.85. The topological polar surface area (TPSA) is 86.1 Å². The Morgan fingerprint density at radius 1 is 1.23 bits per heavy atom. The summed E-state index contributed by atoms with van der Waals surface area (Å²) in [5.74, 6) is 0.954. The van der Waals surface area contributed by atoms with Crippen LogP contribution >= 0.6 is 0 Å². The molecule has 0 unspecified atom stereocenters. The lowest BCUT2D eigenvalue weighted by atomic mass is 9.95. The molecule has 4 rings (SSSR count). The predicted molar refractivity (Wildman–Crippen MR) is 84.4 cm³/mol. The first kappa shape index (κ1) is 13.3. The summed E-state index contributed by atoms with van der Waals surface area (Å²) in [5.41, 5.74) is 9.83. The van der Waals surface area contributed by atoms with Crippen LogP contribution in [0.5, 0.6) is 0 Å². The Labute approximate surface area is 128 Å². The number of hydrogen-bond acceptors (Lipinski definition) is 5. The molecule has 3 aromatic rings. The molecule has 0 aromatic carbocycles. The van der Waals surface area contributed by atoms with E-state index in [1.807, 2.05) is 23.8 Å². The molecule has 0 amide bonds. The Bertz CT molecular complexity index is 811. The van der Waals surface area contributed by atoms with Crippen molar-refractivity contribution in [1.82, 2.24) is 29.5 Å². The van der Waals surface area contributed by atoms with Gasteiger partial charge >= 0.3 is 0 Å². The first-order chi connectivity index (χ1) is 10.7. The molecule has 3 aromatic heterocycles. The van der Waals surface area contributed by atoms with Gasteiger partial charge in [-0.2, -0.15) is 5.10 Å². The van der Waals surface area contributed by atoms with Gasteiger partial charge in [-0.15, -0.1) is 0 Å². The quantitative estimate of drug-likeness (QED) is 0.742. The van der Waals surface area contributed by atoms with Crippen LogP contribution in [0.2, 0.25) is 0 Å². The Morgan fingerprint density at radius 3 is 2.77 bits per heavy atom. The fraction of sp³-hybridized carbons (Fsp3) is 0.400. The summed E-state index contributed by atoms with van der Waals surface area (Å²) in [4.78, 5) is 9.05. The molecule has 7 heteroatoms. The van der Waals surface area contributed by atoms with Crippen LogP contribution in [0.1, 0.15) is 24.5 Å². The molecule has 3 N–H and O–H groups in total. The standard InChI is InChI=1S/C15H19N7/c1-21-8-11(6-19-21)13-7-18-14(16)15-20-12(9-22(13)15)10-2-4-17-5-3-10/h6-10,17H,2-5H2,1H3,(H2,16,18). The van der Waals surface area contributed by atoms with Gasteiger partial charge in [0.15, 0.2) is 11.5 Å². The van der Waals surface area contributed by atoms with Gasteiger partial charge in [0.05, 0.1) is 23.8 Å². The first-order valence-corrected chi connectivity index (χ1v) is 7.55. The maximum atomic E-state index is 6.02. The van der Waals surface area contributed by atoms with Crippen LogP contribution in [-0.4, -0.2) is 37.2 Å². The summed E-state index contributed by atoms with van der Waals surface area (Å²) >= 11 is 0. The van der Waals surface area contributed by atoms with Gasteiger partial charge in [-0.05, 0) is 25.9 Å². The highest BCUT2D eigenvalue weighted by Gasteiger charge is 2.20. The molecule has 22 heavy (non-hydrogen) atoms. The second-order valence-electron chi connectivity index (χ2n) is 5.82. The number of nitrogens with zero attached hydrogens (tertiary/aromatic N) is 5. The van der Waals surface area contributed by atoms with Crippen molar-refractivity contribution in [2.24, 2.45) is 7.05 Å². The number of hydrogen-bond donors (Lipinski definition) is 2. The van der Waals surface area contributed by atoms with Crippen molar-refractivity contribution >= 4 is 11.5 Å². The van der Waals surface area contributed by atoms with Crippen molar-refractivity contribution in [3.63, 3.8) is 0 Å². The van der Waals surface area contributed by atoms with Crippen LogP contribution in [0.15, 0.2) is 24.8 Å². The van der Waals surface area contributed by atoms with Gasteiger partial charge in [0.25, 0.3) is 0 Å².